The fraction of sp³-hybridized carbons (Fsp3) is 0.296. The van der Waals surface area contributed by atoms with Crippen LogP contribution in [0.15, 0.2) is 71.6 Å². The molecule has 0 atom stereocenters. The van der Waals surface area contributed by atoms with E-state index in [2.05, 4.69) is 28.4 Å². The second-order valence-corrected chi connectivity index (χ2v) is 11.0. The summed E-state index contributed by atoms with van der Waals surface area (Å²) in [5.74, 6) is 0.0282. The highest BCUT2D eigenvalue weighted by atomic mass is 35.5. The number of benzene rings is 3. The minimum absolute atomic E-state index is 0.0977. The van der Waals surface area contributed by atoms with Crippen LogP contribution in [-0.2, 0) is 21.2 Å². The maximum atomic E-state index is 13.5. The SMILES string of the molecule is COc1ccc(N(CC(=O)NCCCN2CCc3ccccc32)S(=O)(=O)c2ccc(C)cc2)cc1Cl. The van der Waals surface area contributed by atoms with Gasteiger partial charge < -0.3 is 15.0 Å². The third-order valence-corrected chi connectivity index (χ3v) is 8.31. The Balaban J connectivity index is 1.44. The van der Waals surface area contributed by atoms with E-state index in [1.807, 2.05) is 13.0 Å². The van der Waals surface area contributed by atoms with Crippen LogP contribution in [0.25, 0.3) is 0 Å². The van der Waals surface area contributed by atoms with Crippen molar-refractivity contribution in [3.05, 3.63) is 82.9 Å². The van der Waals surface area contributed by atoms with Gasteiger partial charge in [0.25, 0.3) is 10.0 Å². The van der Waals surface area contributed by atoms with Crippen molar-refractivity contribution < 1.29 is 17.9 Å². The van der Waals surface area contributed by atoms with Gasteiger partial charge in [-0.1, -0.05) is 47.5 Å². The normalized spacial score (nSPS) is 12.8. The molecular formula is C27H30ClN3O4S. The Bertz CT molecular complexity index is 1330. The number of halogens is 1. The highest BCUT2D eigenvalue weighted by molar-refractivity contribution is 7.92. The average molecular weight is 528 g/mol. The molecule has 1 amide bonds. The largest absolute Gasteiger partial charge is 0.495 e. The number of amides is 1. The van der Waals surface area contributed by atoms with E-state index < -0.39 is 10.0 Å². The molecule has 1 aliphatic rings. The molecule has 0 saturated carbocycles. The smallest absolute Gasteiger partial charge is 0.264 e. The van der Waals surface area contributed by atoms with E-state index in [4.69, 9.17) is 16.3 Å². The number of para-hydroxylation sites is 1. The lowest BCUT2D eigenvalue weighted by Gasteiger charge is -2.25. The van der Waals surface area contributed by atoms with Gasteiger partial charge in [0.2, 0.25) is 5.91 Å². The monoisotopic (exact) mass is 527 g/mol. The van der Waals surface area contributed by atoms with Gasteiger partial charge in [-0.2, -0.15) is 0 Å². The summed E-state index contributed by atoms with van der Waals surface area (Å²) < 4.78 is 33.3. The first kappa shape index (κ1) is 25.9. The number of hydrogen-bond acceptors (Lipinski definition) is 5. The Kier molecular flexibility index (Phi) is 8.06. The third kappa shape index (κ3) is 5.77. The number of fused-ring (bicyclic) bond motifs is 1. The molecule has 0 aromatic heterocycles. The Labute approximate surface area is 217 Å². The fourth-order valence-electron chi connectivity index (χ4n) is 4.29. The van der Waals surface area contributed by atoms with E-state index in [-0.39, 0.29) is 28.1 Å². The van der Waals surface area contributed by atoms with Gasteiger partial charge in [-0.25, -0.2) is 8.42 Å². The summed E-state index contributed by atoms with van der Waals surface area (Å²) >= 11 is 6.28. The van der Waals surface area contributed by atoms with Gasteiger partial charge in [-0.3, -0.25) is 9.10 Å². The highest BCUT2D eigenvalue weighted by Gasteiger charge is 2.28. The summed E-state index contributed by atoms with van der Waals surface area (Å²) in [6, 6.07) is 19.5. The molecule has 36 heavy (non-hydrogen) atoms. The fourth-order valence-corrected chi connectivity index (χ4v) is 5.95. The van der Waals surface area contributed by atoms with Crippen LogP contribution in [0.1, 0.15) is 17.5 Å². The number of carbonyl (C=O) groups excluding carboxylic acids is 1. The molecule has 7 nitrogen and oxygen atoms in total. The second kappa shape index (κ2) is 11.2. The summed E-state index contributed by atoms with van der Waals surface area (Å²) in [5, 5.41) is 3.13. The maximum absolute atomic E-state index is 13.5. The zero-order chi connectivity index (χ0) is 25.7. The van der Waals surface area contributed by atoms with E-state index in [0.29, 0.717) is 12.3 Å². The number of anilines is 2. The number of methoxy groups -OCH3 is 1. The third-order valence-electron chi connectivity index (χ3n) is 6.23. The topological polar surface area (TPSA) is 79.0 Å². The van der Waals surface area contributed by atoms with Crippen LogP contribution in [-0.4, -0.2) is 47.6 Å². The molecular weight excluding hydrogens is 498 g/mol. The van der Waals surface area contributed by atoms with Gasteiger partial charge in [-0.05, 0) is 61.7 Å². The van der Waals surface area contributed by atoms with Gasteiger partial charge in [-0.15, -0.1) is 0 Å². The standard InChI is InChI=1S/C27H30ClN3O4S/c1-20-8-11-23(12-9-20)36(33,34)31(22-10-13-26(35-2)24(28)18-22)19-27(32)29-15-5-16-30-17-14-21-6-3-4-7-25(21)30/h3-4,6-13,18H,5,14-17,19H2,1-2H3,(H,29,32). The average Bonchev–Trinajstić information content (AvgIpc) is 3.28. The molecule has 0 bridgehead atoms. The van der Waals surface area contributed by atoms with Crippen LogP contribution in [0, 0.1) is 6.92 Å². The summed E-state index contributed by atoms with van der Waals surface area (Å²) in [4.78, 5) is 15.3. The number of hydrogen-bond donors (Lipinski definition) is 1. The number of ether oxygens (including phenoxy) is 1. The number of aryl methyl sites for hydroxylation is 1. The number of nitrogens with zero attached hydrogens (tertiary/aromatic N) is 2. The Morgan fingerprint density at radius 2 is 1.86 bits per heavy atom. The molecule has 190 valence electrons. The van der Waals surface area contributed by atoms with Gasteiger partial charge in [0.1, 0.15) is 12.3 Å². The lowest BCUT2D eigenvalue weighted by atomic mass is 10.2. The first-order chi connectivity index (χ1) is 17.3. The molecule has 0 aliphatic carbocycles. The van der Waals surface area contributed by atoms with E-state index in [0.717, 1.165) is 35.8 Å². The molecule has 0 unspecified atom stereocenters. The lowest BCUT2D eigenvalue weighted by molar-refractivity contribution is -0.119. The van der Waals surface area contributed by atoms with Crippen molar-refractivity contribution in [2.24, 2.45) is 0 Å². The summed E-state index contributed by atoms with van der Waals surface area (Å²) in [7, 11) is -2.53. The quantitative estimate of drug-likeness (QED) is 0.395. The van der Waals surface area contributed by atoms with E-state index in [1.165, 1.54) is 36.6 Å². The second-order valence-electron chi connectivity index (χ2n) is 8.71. The van der Waals surface area contributed by atoms with Crippen LogP contribution in [0.5, 0.6) is 5.75 Å². The van der Waals surface area contributed by atoms with Gasteiger partial charge in [0.15, 0.2) is 0 Å². The first-order valence-corrected chi connectivity index (χ1v) is 13.6. The number of sulfonamides is 1. The number of nitrogens with one attached hydrogen (secondary N) is 1. The molecule has 4 rings (SSSR count). The Morgan fingerprint density at radius 3 is 2.58 bits per heavy atom. The van der Waals surface area contributed by atoms with E-state index in [9.17, 15) is 13.2 Å². The van der Waals surface area contributed by atoms with E-state index in [1.54, 1.807) is 24.3 Å². The molecule has 1 aliphatic heterocycles. The molecule has 0 fully saturated rings. The number of carbonyl (C=O) groups is 1. The molecule has 3 aromatic rings. The maximum Gasteiger partial charge on any atom is 0.264 e. The Morgan fingerprint density at radius 1 is 1.11 bits per heavy atom. The molecule has 9 heteroatoms. The molecule has 0 saturated heterocycles. The minimum Gasteiger partial charge on any atom is -0.495 e. The zero-order valence-electron chi connectivity index (χ0n) is 20.4. The summed E-state index contributed by atoms with van der Waals surface area (Å²) in [5.41, 5.74) is 3.81. The molecule has 0 radical (unpaired) electrons. The molecule has 3 aromatic carbocycles. The van der Waals surface area contributed by atoms with Crippen LogP contribution in [0.4, 0.5) is 11.4 Å². The van der Waals surface area contributed by atoms with Crippen LogP contribution in [0.3, 0.4) is 0 Å². The van der Waals surface area contributed by atoms with Crippen LogP contribution >= 0.6 is 11.6 Å². The Hall–Kier alpha value is -3.23. The first-order valence-electron chi connectivity index (χ1n) is 11.8. The van der Waals surface area contributed by atoms with Crippen molar-refractivity contribution in [2.45, 2.75) is 24.7 Å². The predicted molar refractivity (Wildman–Crippen MR) is 144 cm³/mol. The number of rotatable bonds is 10. The van der Waals surface area contributed by atoms with Crippen molar-refractivity contribution in [1.82, 2.24) is 5.32 Å². The molecule has 1 heterocycles. The van der Waals surface area contributed by atoms with Crippen LogP contribution < -0.4 is 19.3 Å². The van der Waals surface area contributed by atoms with Crippen molar-refractivity contribution in [3.63, 3.8) is 0 Å². The minimum atomic E-state index is -4.01. The van der Waals surface area contributed by atoms with Crippen molar-refractivity contribution >= 4 is 38.9 Å². The van der Waals surface area contributed by atoms with E-state index >= 15 is 0 Å². The highest BCUT2D eigenvalue weighted by Crippen LogP contribution is 2.32. The van der Waals surface area contributed by atoms with Crippen LogP contribution in [0.2, 0.25) is 5.02 Å². The van der Waals surface area contributed by atoms with Gasteiger partial charge in [0, 0.05) is 25.3 Å². The summed E-state index contributed by atoms with van der Waals surface area (Å²) in [6.07, 6.45) is 1.78. The lowest BCUT2D eigenvalue weighted by Crippen LogP contribution is -2.41. The predicted octanol–water partition coefficient (Wildman–Crippen LogP) is 4.42. The van der Waals surface area contributed by atoms with Gasteiger partial charge in [0.05, 0.1) is 22.7 Å². The molecule has 1 N–H and O–H groups in total. The summed E-state index contributed by atoms with van der Waals surface area (Å²) in [6.45, 7) is 3.74. The molecule has 0 spiro atoms. The van der Waals surface area contributed by atoms with Crippen molar-refractivity contribution in [1.29, 1.82) is 0 Å². The van der Waals surface area contributed by atoms with Crippen molar-refractivity contribution in [3.8, 4) is 5.75 Å². The zero-order valence-corrected chi connectivity index (χ0v) is 22.0. The van der Waals surface area contributed by atoms with Crippen molar-refractivity contribution in [2.75, 3.05) is 42.5 Å². The van der Waals surface area contributed by atoms with Gasteiger partial charge >= 0.3 is 0 Å².